The van der Waals surface area contributed by atoms with Crippen molar-refractivity contribution >= 4 is 5.82 Å². The molecule has 4 rings (SSSR count). The molecular formula is C18H23N7. The van der Waals surface area contributed by atoms with E-state index in [2.05, 4.69) is 60.8 Å². The lowest BCUT2D eigenvalue weighted by Crippen LogP contribution is -2.35. The van der Waals surface area contributed by atoms with E-state index in [1.165, 1.54) is 11.1 Å². The van der Waals surface area contributed by atoms with Gasteiger partial charge in [0.15, 0.2) is 0 Å². The molecule has 2 N–H and O–H groups in total. The predicted octanol–water partition coefficient (Wildman–Crippen LogP) is 1.66. The van der Waals surface area contributed by atoms with E-state index in [0.717, 1.165) is 44.2 Å². The van der Waals surface area contributed by atoms with Crippen molar-refractivity contribution in [3.63, 3.8) is 0 Å². The first-order chi connectivity index (χ1) is 12.3. The largest absolute Gasteiger partial charge is 0.370 e. The molecule has 1 aliphatic heterocycles. The first-order valence-electron chi connectivity index (χ1n) is 8.65. The Bertz CT molecular complexity index is 805. The summed E-state index contributed by atoms with van der Waals surface area (Å²) >= 11 is 0. The van der Waals surface area contributed by atoms with E-state index in [1.54, 1.807) is 12.7 Å². The van der Waals surface area contributed by atoms with Crippen molar-refractivity contribution in [1.82, 2.24) is 29.9 Å². The van der Waals surface area contributed by atoms with Crippen LogP contribution in [0.15, 0.2) is 43.0 Å². The maximum Gasteiger partial charge on any atom is 0.137 e. The Kier molecular flexibility index (Phi) is 4.47. The highest BCUT2D eigenvalue weighted by molar-refractivity contribution is 5.38. The molecule has 0 spiro atoms. The van der Waals surface area contributed by atoms with E-state index in [4.69, 9.17) is 0 Å². The highest BCUT2D eigenvalue weighted by Crippen LogP contribution is 2.18. The zero-order chi connectivity index (χ0) is 17.1. The molecule has 3 heterocycles. The Morgan fingerprint density at radius 2 is 2.08 bits per heavy atom. The summed E-state index contributed by atoms with van der Waals surface area (Å²) in [6.07, 6.45) is 3.30. The number of aryl methyl sites for hydroxylation is 1. The van der Waals surface area contributed by atoms with E-state index in [1.807, 2.05) is 11.6 Å². The van der Waals surface area contributed by atoms with Crippen molar-refractivity contribution in [2.24, 2.45) is 5.92 Å². The van der Waals surface area contributed by atoms with E-state index in [0.29, 0.717) is 5.92 Å². The van der Waals surface area contributed by atoms with Gasteiger partial charge >= 0.3 is 0 Å². The summed E-state index contributed by atoms with van der Waals surface area (Å²) in [7, 11) is 0. The van der Waals surface area contributed by atoms with Gasteiger partial charge in [-0.2, -0.15) is 10.2 Å². The number of rotatable bonds is 6. The van der Waals surface area contributed by atoms with E-state index in [-0.39, 0.29) is 0 Å². The van der Waals surface area contributed by atoms with Crippen LogP contribution in [-0.2, 0) is 19.6 Å². The Morgan fingerprint density at radius 3 is 2.88 bits per heavy atom. The fourth-order valence-corrected chi connectivity index (χ4v) is 3.21. The first kappa shape index (κ1) is 15.8. The second-order valence-electron chi connectivity index (χ2n) is 6.64. The van der Waals surface area contributed by atoms with E-state index < -0.39 is 0 Å². The van der Waals surface area contributed by atoms with Crippen molar-refractivity contribution in [3.8, 4) is 0 Å². The molecule has 130 valence electrons. The van der Waals surface area contributed by atoms with Gasteiger partial charge in [-0.1, -0.05) is 24.3 Å². The van der Waals surface area contributed by atoms with Crippen LogP contribution in [0.1, 0.15) is 16.8 Å². The summed E-state index contributed by atoms with van der Waals surface area (Å²) in [5.74, 6) is 1.69. The summed E-state index contributed by atoms with van der Waals surface area (Å²) < 4.78 is 3.90. The smallest absolute Gasteiger partial charge is 0.137 e. The predicted molar refractivity (Wildman–Crippen MR) is 96.2 cm³/mol. The zero-order valence-corrected chi connectivity index (χ0v) is 14.4. The molecule has 1 aliphatic rings. The van der Waals surface area contributed by atoms with Crippen molar-refractivity contribution in [2.45, 2.75) is 26.6 Å². The van der Waals surface area contributed by atoms with Gasteiger partial charge in [-0.25, -0.2) is 14.3 Å². The molecule has 3 aromatic rings. The number of hydrogen-bond donors (Lipinski definition) is 2. The standard InChI is InChI=1S/C18H23N7/c1-14-6-18-21-9-17(11-25(18)23-14)8-19-7-15-2-4-16(5-3-15)10-24-13-20-12-22-24/h2-6,12-13,17,19,21H,7-11H2,1H3/t17-/m0/s1. The molecule has 0 saturated carbocycles. The second kappa shape index (κ2) is 7.06. The van der Waals surface area contributed by atoms with Crippen LogP contribution in [0.25, 0.3) is 0 Å². The summed E-state index contributed by atoms with van der Waals surface area (Å²) in [5, 5.41) is 15.7. The third kappa shape index (κ3) is 3.88. The zero-order valence-electron chi connectivity index (χ0n) is 14.4. The van der Waals surface area contributed by atoms with Crippen LogP contribution in [0.4, 0.5) is 5.82 Å². The van der Waals surface area contributed by atoms with Gasteiger partial charge in [0.2, 0.25) is 0 Å². The summed E-state index contributed by atoms with van der Waals surface area (Å²) in [4.78, 5) is 3.97. The molecular weight excluding hydrogens is 314 g/mol. The highest BCUT2D eigenvalue weighted by Gasteiger charge is 2.18. The molecule has 0 radical (unpaired) electrons. The monoisotopic (exact) mass is 337 g/mol. The fourth-order valence-electron chi connectivity index (χ4n) is 3.21. The van der Waals surface area contributed by atoms with Crippen LogP contribution >= 0.6 is 0 Å². The fraction of sp³-hybridized carbons (Fsp3) is 0.389. The maximum atomic E-state index is 4.52. The van der Waals surface area contributed by atoms with Crippen LogP contribution in [0.5, 0.6) is 0 Å². The van der Waals surface area contributed by atoms with Gasteiger partial charge in [0.1, 0.15) is 18.5 Å². The Labute approximate surface area is 147 Å². The second-order valence-corrected chi connectivity index (χ2v) is 6.64. The Morgan fingerprint density at radius 1 is 1.24 bits per heavy atom. The van der Waals surface area contributed by atoms with Crippen LogP contribution in [0, 0.1) is 12.8 Å². The molecule has 7 heteroatoms. The van der Waals surface area contributed by atoms with Crippen LogP contribution in [0.3, 0.4) is 0 Å². The van der Waals surface area contributed by atoms with Crippen molar-refractivity contribution in [1.29, 1.82) is 0 Å². The molecule has 0 saturated heterocycles. The first-order valence-corrected chi connectivity index (χ1v) is 8.65. The van der Waals surface area contributed by atoms with Gasteiger partial charge in [0.05, 0.1) is 12.2 Å². The summed E-state index contributed by atoms with van der Waals surface area (Å²) in [6, 6.07) is 10.8. The minimum atomic E-state index is 0.554. The molecule has 25 heavy (non-hydrogen) atoms. The quantitative estimate of drug-likeness (QED) is 0.716. The Hall–Kier alpha value is -2.67. The van der Waals surface area contributed by atoms with E-state index >= 15 is 0 Å². The molecule has 2 aromatic heterocycles. The Balaban J connectivity index is 1.25. The van der Waals surface area contributed by atoms with Crippen molar-refractivity contribution < 1.29 is 0 Å². The SMILES string of the molecule is Cc1cc2n(n1)C[C@@H](CNCc1ccc(Cn3cncn3)cc1)CN2. The molecule has 1 aromatic carbocycles. The van der Waals surface area contributed by atoms with Crippen LogP contribution < -0.4 is 10.6 Å². The number of hydrogen-bond acceptors (Lipinski definition) is 5. The number of nitrogens with zero attached hydrogens (tertiary/aromatic N) is 5. The number of anilines is 1. The van der Waals surface area contributed by atoms with Crippen molar-refractivity contribution in [3.05, 3.63) is 59.8 Å². The molecule has 0 bridgehead atoms. The van der Waals surface area contributed by atoms with Crippen LogP contribution in [-0.4, -0.2) is 37.6 Å². The van der Waals surface area contributed by atoms with E-state index in [9.17, 15) is 0 Å². The third-order valence-electron chi connectivity index (χ3n) is 4.50. The molecule has 0 fully saturated rings. The summed E-state index contributed by atoms with van der Waals surface area (Å²) in [6.45, 7) is 6.62. The number of aromatic nitrogens is 5. The average molecular weight is 337 g/mol. The normalized spacial score (nSPS) is 16.4. The highest BCUT2D eigenvalue weighted by atomic mass is 15.3. The minimum absolute atomic E-state index is 0.554. The minimum Gasteiger partial charge on any atom is -0.370 e. The van der Waals surface area contributed by atoms with Crippen LogP contribution in [0.2, 0.25) is 0 Å². The van der Waals surface area contributed by atoms with Gasteiger partial charge in [0.25, 0.3) is 0 Å². The number of benzene rings is 1. The molecule has 7 nitrogen and oxygen atoms in total. The van der Waals surface area contributed by atoms with Gasteiger partial charge in [0, 0.05) is 38.2 Å². The van der Waals surface area contributed by atoms with Gasteiger partial charge in [-0.3, -0.25) is 0 Å². The average Bonchev–Trinajstić information content (AvgIpc) is 3.24. The van der Waals surface area contributed by atoms with Crippen molar-refractivity contribution in [2.75, 3.05) is 18.4 Å². The number of fused-ring (bicyclic) bond motifs is 1. The van der Waals surface area contributed by atoms with Gasteiger partial charge < -0.3 is 10.6 Å². The lowest BCUT2D eigenvalue weighted by Gasteiger charge is -2.25. The molecule has 0 unspecified atom stereocenters. The lowest BCUT2D eigenvalue weighted by atomic mass is 10.1. The lowest BCUT2D eigenvalue weighted by molar-refractivity contribution is 0.390. The number of nitrogens with one attached hydrogen (secondary N) is 2. The summed E-state index contributed by atoms with van der Waals surface area (Å²) in [5.41, 5.74) is 3.59. The maximum absolute atomic E-state index is 4.52. The molecule has 0 amide bonds. The van der Waals surface area contributed by atoms with Gasteiger partial charge in [-0.15, -0.1) is 0 Å². The topological polar surface area (TPSA) is 72.6 Å². The molecule has 1 atom stereocenters. The van der Waals surface area contributed by atoms with Gasteiger partial charge in [-0.05, 0) is 18.1 Å². The molecule has 0 aliphatic carbocycles. The third-order valence-corrected chi connectivity index (χ3v) is 4.50.